The molecule has 1 aromatic rings. The van der Waals surface area contributed by atoms with E-state index in [1.807, 2.05) is 6.07 Å². The largest absolute Gasteiger partial charge is 0.508 e. The molecule has 0 amide bonds. The number of likely N-dealkylation sites (tertiary alicyclic amines) is 1. The number of phenolic OH excluding ortho intramolecular Hbond substituents is 1. The first-order valence-electron chi connectivity index (χ1n) is 7.36. The summed E-state index contributed by atoms with van der Waals surface area (Å²) in [5, 5.41) is 9.52. The highest BCUT2D eigenvalue weighted by atomic mass is 16.5. The van der Waals surface area contributed by atoms with E-state index in [0.29, 0.717) is 0 Å². The molecule has 0 bridgehead atoms. The number of hydrogen-bond acceptors (Lipinski definition) is 5. The van der Waals surface area contributed by atoms with Gasteiger partial charge in [0.25, 0.3) is 0 Å². The molecule has 1 spiro atoms. The summed E-state index contributed by atoms with van der Waals surface area (Å²) < 4.78 is 10.9. The molecule has 0 atom stereocenters. The quantitative estimate of drug-likeness (QED) is 0.851. The third-order valence-electron chi connectivity index (χ3n) is 4.91. The maximum absolute atomic E-state index is 11.8. The fourth-order valence-corrected chi connectivity index (χ4v) is 3.68. The lowest BCUT2D eigenvalue weighted by atomic mass is 9.87. The van der Waals surface area contributed by atoms with Gasteiger partial charge < -0.3 is 14.6 Å². The van der Waals surface area contributed by atoms with E-state index in [9.17, 15) is 9.90 Å². The van der Waals surface area contributed by atoms with Crippen LogP contribution in [0.5, 0.6) is 11.5 Å². The maximum atomic E-state index is 11.8. The van der Waals surface area contributed by atoms with Crippen LogP contribution in [-0.2, 0) is 16.0 Å². The summed E-state index contributed by atoms with van der Waals surface area (Å²) in [6, 6.07) is 5.32. The van der Waals surface area contributed by atoms with E-state index in [2.05, 4.69) is 4.90 Å². The number of benzene rings is 1. The topological polar surface area (TPSA) is 59.0 Å². The van der Waals surface area contributed by atoms with Gasteiger partial charge in [-0.15, -0.1) is 0 Å². The van der Waals surface area contributed by atoms with E-state index in [4.69, 9.17) is 9.47 Å². The Morgan fingerprint density at radius 2 is 2.19 bits per heavy atom. The second-order valence-electron chi connectivity index (χ2n) is 6.67. The van der Waals surface area contributed by atoms with Crippen LogP contribution in [0.25, 0.3) is 0 Å². The highest BCUT2D eigenvalue weighted by molar-refractivity contribution is 5.80. The number of rotatable bonds is 3. The highest BCUT2D eigenvalue weighted by Crippen LogP contribution is 2.50. The van der Waals surface area contributed by atoms with Gasteiger partial charge in [0.1, 0.15) is 17.1 Å². The summed E-state index contributed by atoms with van der Waals surface area (Å²) in [6.45, 7) is 2.44. The zero-order chi connectivity index (χ0) is 14.7. The Morgan fingerprint density at radius 3 is 2.86 bits per heavy atom. The number of carbonyl (C=O) groups is 1. The summed E-state index contributed by atoms with van der Waals surface area (Å²) in [6.07, 6.45) is 2.74. The normalized spacial score (nSPS) is 24.0. The van der Waals surface area contributed by atoms with Crippen molar-refractivity contribution in [2.24, 2.45) is 5.41 Å². The minimum Gasteiger partial charge on any atom is -0.508 e. The maximum Gasteiger partial charge on any atom is 0.313 e. The molecule has 2 aliphatic heterocycles. The van der Waals surface area contributed by atoms with Crippen LogP contribution in [0, 0.1) is 5.41 Å². The molecule has 112 valence electrons. The summed E-state index contributed by atoms with van der Waals surface area (Å²) in [5.41, 5.74) is 0.726. The fourth-order valence-electron chi connectivity index (χ4n) is 3.68. The molecule has 0 aromatic heterocycles. The molecule has 1 saturated heterocycles. The van der Waals surface area contributed by atoms with Gasteiger partial charge in [0.2, 0.25) is 0 Å². The first-order valence-corrected chi connectivity index (χ1v) is 7.36. The van der Waals surface area contributed by atoms with Gasteiger partial charge in [0.05, 0.1) is 12.5 Å². The lowest BCUT2D eigenvalue weighted by Crippen LogP contribution is -2.65. The number of fused-ring (bicyclic) bond motifs is 1. The minimum atomic E-state index is -0.264. The summed E-state index contributed by atoms with van der Waals surface area (Å²) in [7, 11) is 1.46. The molecule has 2 heterocycles. The van der Waals surface area contributed by atoms with Crippen molar-refractivity contribution in [3.8, 4) is 11.5 Å². The van der Waals surface area contributed by atoms with Gasteiger partial charge >= 0.3 is 5.97 Å². The van der Waals surface area contributed by atoms with Gasteiger partial charge in [0.15, 0.2) is 0 Å². The third kappa shape index (κ3) is 1.99. The molecular weight excluding hydrogens is 270 g/mol. The monoisotopic (exact) mass is 289 g/mol. The second kappa shape index (κ2) is 4.13. The van der Waals surface area contributed by atoms with Crippen LogP contribution in [0.1, 0.15) is 18.4 Å². The summed E-state index contributed by atoms with van der Waals surface area (Å²) in [5.74, 6) is 0.956. The van der Waals surface area contributed by atoms with Crippen LogP contribution in [0.4, 0.5) is 0 Å². The lowest BCUT2D eigenvalue weighted by molar-refractivity contribution is -0.150. The number of carbonyl (C=O) groups excluding carboxylic acids is 1. The van der Waals surface area contributed by atoms with Crippen molar-refractivity contribution in [2.75, 3.05) is 26.7 Å². The van der Waals surface area contributed by atoms with Crippen LogP contribution < -0.4 is 4.74 Å². The van der Waals surface area contributed by atoms with Gasteiger partial charge in [-0.1, -0.05) is 6.07 Å². The zero-order valence-electron chi connectivity index (χ0n) is 12.1. The molecule has 5 heteroatoms. The molecule has 1 aromatic carbocycles. The Balaban J connectivity index is 1.39. The number of esters is 1. The summed E-state index contributed by atoms with van der Waals surface area (Å²) >= 11 is 0. The van der Waals surface area contributed by atoms with Crippen molar-refractivity contribution in [3.05, 3.63) is 23.8 Å². The Labute approximate surface area is 123 Å². The predicted octanol–water partition coefficient (Wildman–Crippen LogP) is 1.33. The van der Waals surface area contributed by atoms with E-state index in [0.717, 1.165) is 50.2 Å². The molecule has 1 N–H and O–H groups in total. The second-order valence-corrected chi connectivity index (χ2v) is 6.67. The molecule has 0 radical (unpaired) electrons. The predicted molar refractivity (Wildman–Crippen MR) is 75.3 cm³/mol. The van der Waals surface area contributed by atoms with E-state index < -0.39 is 0 Å². The number of aromatic hydroxyl groups is 1. The molecule has 1 aliphatic carbocycles. The van der Waals surface area contributed by atoms with Gasteiger partial charge in [-0.3, -0.25) is 9.69 Å². The van der Waals surface area contributed by atoms with Gasteiger partial charge in [0, 0.05) is 32.1 Å². The van der Waals surface area contributed by atoms with Gasteiger partial charge in [-0.2, -0.15) is 0 Å². The number of methoxy groups -OCH3 is 1. The average molecular weight is 289 g/mol. The average Bonchev–Trinajstić information content (AvgIpc) is 3.10. The van der Waals surface area contributed by atoms with E-state index in [-0.39, 0.29) is 22.7 Å². The van der Waals surface area contributed by atoms with Crippen molar-refractivity contribution in [1.29, 1.82) is 0 Å². The van der Waals surface area contributed by atoms with Crippen LogP contribution >= 0.6 is 0 Å². The van der Waals surface area contributed by atoms with E-state index in [1.54, 1.807) is 12.1 Å². The molecular formula is C16H19NO4. The van der Waals surface area contributed by atoms with Crippen LogP contribution in [0.2, 0.25) is 0 Å². The molecule has 0 unspecified atom stereocenters. The molecule has 5 nitrogen and oxygen atoms in total. The van der Waals surface area contributed by atoms with Gasteiger partial charge in [-0.05, 0) is 24.5 Å². The van der Waals surface area contributed by atoms with Crippen molar-refractivity contribution < 1.29 is 19.4 Å². The Morgan fingerprint density at radius 1 is 1.43 bits per heavy atom. The first-order chi connectivity index (χ1) is 10.0. The van der Waals surface area contributed by atoms with Crippen molar-refractivity contribution in [3.63, 3.8) is 0 Å². The van der Waals surface area contributed by atoms with Crippen LogP contribution in [-0.4, -0.2) is 48.3 Å². The number of nitrogens with zero attached hydrogens (tertiary/aromatic N) is 1. The Bertz CT molecular complexity index is 602. The number of phenols is 1. The summed E-state index contributed by atoms with van der Waals surface area (Å²) in [4.78, 5) is 14.1. The molecule has 21 heavy (non-hydrogen) atoms. The molecule has 3 aliphatic rings. The fraction of sp³-hybridized carbons (Fsp3) is 0.562. The smallest absolute Gasteiger partial charge is 0.313 e. The number of ether oxygens (including phenoxy) is 2. The SMILES string of the molecule is COC(=O)C1(CN2CC3(Cc4ccc(O)cc4O3)C2)CC1. The van der Waals surface area contributed by atoms with E-state index >= 15 is 0 Å². The van der Waals surface area contributed by atoms with Crippen molar-refractivity contribution >= 4 is 5.97 Å². The lowest BCUT2D eigenvalue weighted by Gasteiger charge is -2.48. The van der Waals surface area contributed by atoms with Crippen LogP contribution in [0.3, 0.4) is 0 Å². The molecule has 1 saturated carbocycles. The third-order valence-corrected chi connectivity index (χ3v) is 4.91. The standard InChI is InChI=1S/C16H19NO4/c1-20-14(19)15(4-5-15)8-17-9-16(10-17)7-11-2-3-12(18)6-13(11)21-16/h2-3,6,18H,4-5,7-10H2,1H3. The first kappa shape index (κ1) is 13.0. The van der Waals surface area contributed by atoms with Crippen molar-refractivity contribution in [1.82, 2.24) is 4.90 Å². The molecule has 2 fully saturated rings. The Kier molecular flexibility index (Phi) is 2.55. The van der Waals surface area contributed by atoms with Crippen molar-refractivity contribution in [2.45, 2.75) is 24.9 Å². The zero-order valence-corrected chi connectivity index (χ0v) is 12.1. The molecule has 4 rings (SSSR count). The van der Waals surface area contributed by atoms with E-state index in [1.165, 1.54) is 7.11 Å². The minimum absolute atomic E-state index is 0.0796. The Hall–Kier alpha value is -1.75. The highest BCUT2D eigenvalue weighted by Gasteiger charge is 2.57. The number of hydrogen-bond donors (Lipinski definition) is 1. The van der Waals surface area contributed by atoms with Crippen LogP contribution in [0.15, 0.2) is 18.2 Å². The van der Waals surface area contributed by atoms with Gasteiger partial charge in [-0.25, -0.2) is 0 Å².